The van der Waals surface area contributed by atoms with E-state index in [1.54, 1.807) is 6.07 Å². The SMILES string of the molecule is CCOc1ccc(-c2ccc3c(c2)N(C(C)C)c2c(cccc2C(F)(F)F)N3C(C)C)c2ccccc12. The zero-order chi connectivity index (χ0) is 26.5. The van der Waals surface area contributed by atoms with Crippen molar-refractivity contribution < 1.29 is 17.9 Å². The van der Waals surface area contributed by atoms with Crippen LogP contribution in [0, 0.1) is 0 Å². The molecule has 3 nitrogen and oxygen atoms in total. The Kier molecular flexibility index (Phi) is 6.30. The zero-order valence-corrected chi connectivity index (χ0v) is 21.7. The molecule has 192 valence electrons. The Hall–Kier alpha value is -3.67. The molecule has 0 amide bonds. The zero-order valence-electron chi connectivity index (χ0n) is 21.7. The van der Waals surface area contributed by atoms with Crippen molar-refractivity contribution in [2.45, 2.75) is 52.9 Å². The Bertz CT molecular complexity index is 1460. The molecule has 0 unspecified atom stereocenters. The number of benzene rings is 4. The summed E-state index contributed by atoms with van der Waals surface area (Å²) < 4.78 is 48.7. The van der Waals surface area contributed by atoms with Gasteiger partial charge in [-0.25, -0.2) is 0 Å². The van der Waals surface area contributed by atoms with Gasteiger partial charge in [-0.1, -0.05) is 42.5 Å². The molecule has 0 radical (unpaired) electrons. The van der Waals surface area contributed by atoms with Crippen molar-refractivity contribution in [3.8, 4) is 16.9 Å². The largest absolute Gasteiger partial charge is 0.493 e. The van der Waals surface area contributed by atoms with E-state index in [1.807, 2.05) is 86.9 Å². The van der Waals surface area contributed by atoms with Gasteiger partial charge in [-0.2, -0.15) is 13.2 Å². The lowest BCUT2D eigenvalue weighted by atomic mass is 9.94. The van der Waals surface area contributed by atoms with Crippen molar-refractivity contribution in [1.29, 1.82) is 0 Å². The highest BCUT2D eigenvalue weighted by Gasteiger charge is 2.41. The van der Waals surface area contributed by atoms with Gasteiger partial charge in [0.2, 0.25) is 0 Å². The van der Waals surface area contributed by atoms with E-state index in [9.17, 15) is 13.2 Å². The Balaban J connectivity index is 1.77. The predicted molar refractivity (Wildman–Crippen MR) is 147 cm³/mol. The van der Waals surface area contributed by atoms with Crippen molar-refractivity contribution in [2.75, 3.05) is 16.4 Å². The topological polar surface area (TPSA) is 15.7 Å². The van der Waals surface area contributed by atoms with Gasteiger partial charge < -0.3 is 14.5 Å². The molecule has 0 fully saturated rings. The van der Waals surface area contributed by atoms with Crippen LogP contribution in [0.15, 0.2) is 72.8 Å². The van der Waals surface area contributed by atoms with E-state index < -0.39 is 11.7 Å². The Morgan fingerprint density at radius 3 is 2.08 bits per heavy atom. The van der Waals surface area contributed by atoms with Crippen molar-refractivity contribution in [2.24, 2.45) is 0 Å². The lowest BCUT2D eigenvalue weighted by molar-refractivity contribution is -0.137. The van der Waals surface area contributed by atoms with E-state index in [2.05, 4.69) is 12.1 Å². The van der Waals surface area contributed by atoms with Crippen LogP contribution in [0.3, 0.4) is 0 Å². The van der Waals surface area contributed by atoms with Gasteiger partial charge in [0.05, 0.1) is 34.9 Å². The first-order valence-corrected chi connectivity index (χ1v) is 12.7. The molecule has 5 rings (SSSR count). The van der Waals surface area contributed by atoms with Gasteiger partial charge >= 0.3 is 6.18 Å². The number of alkyl halides is 3. The summed E-state index contributed by atoms with van der Waals surface area (Å²) in [6.07, 6.45) is -4.47. The van der Waals surface area contributed by atoms with E-state index in [0.29, 0.717) is 12.3 Å². The average molecular weight is 505 g/mol. The van der Waals surface area contributed by atoms with Crippen LogP contribution in [-0.2, 0) is 6.18 Å². The number of anilines is 4. The maximum Gasteiger partial charge on any atom is 0.418 e. The Morgan fingerprint density at radius 2 is 1.43 bits per heavy atom. The smallest absolute Gasteiger partial charge is 0.418 e. The minimum absolute atomic E-state index is 0.0348. The molecule has 1 aliphatic rings. The van der Waals surface area contributed by atoms with E-state index >= 15 is 0 Å². The summed E-state index contributed by atoms with van der Waals surface area (Å²) in [7, 11) is 0. The van der Waals surface area contributed by atoms with Crippen LogP contribution in [0.4, 0.5) is 35.9 Å². The van der Waals surface area contributed by atoms with Crippen LogP contribution >= 0.6 is 0 Å². The fourth-order valence-electron chi connectivity index (χ4n) is 5.44. The number of halogens is 3. The fourth-order valence-corrected chi connectivity index (χ4v) is 5.44. The Labute approximate surface area is 216 Å². The number of fused-ring (bicyclic) bond motifs is 3. The number of rotatable bonds is 5. The third-order valence-corrected chi connectivity index (χ3v) is 6.84. The second-order valence-electron chi connectivity index (χ2n) is 9.89. The molecule has 4 aromatic rings. The van der Waals surface area contributed by atoms with Crippen molar-refractivity contribution in [3.63, 3.8) is 0 Å². The molecule has 1 aliphatic heterocycles. The molecule has 0 spiro atoms. The second-order valence-corrected chi connectivity index (χ2v) is 9.89. The number of para-hydroxylation sites is 1. The monoisotopic (exact) mass is 504 g/mol. The summed E-state index contributed by atoms with van der Waals surface area (Å²) in [5.41, 5.74) is 3.78. The van der Waals surface area contributed by atoms with Crippen LogP contribution < -0.4 is 14.5 Å². The van der Waals surface area contributed by atoms with Crippen molar-refractivity contribution in [1.82, 2.24) is 0 Å². The van der Waals surface area contributed by atoms with Gasteiger partial charge in [-0.15, -0.1) is 0 Å². The third-order valence-electron chi connectivity index (χ3n) is 6.84. The lowest BCUT2D eigenvalue weighted by Gasteiger charge is -2.45. The van der Waals surface area contributed by atoms with Crippen molar-refractivity contribution in [3.05, 3.63) is 78.4 Å². The molecule has 0 atom stereocenters. The molecule has 6 heteroatoms. The molecule has 0 N–H and O–H groups in total. The van der Waals surface area contributed by atoms with Gasteiger partial charge in [-0.3, -0.25) is 0 Å². The van der Waals surface area contributed by atoms with Gasteiger partial charge in [0, 0.05) is 17.5 Å². The highest BCUT2D eigenvalue weighted by molar-refractivity contribution is 6.02. The average Bonchev–Trinajstić information content (AvgIpc) is 2.85. The molecule has 0 bridgehead atoms. The second kappa shape index (κ2) is 9.33. The summed E-state index contributed by atoms with van der Waals surface area (Å²) in [6, 6.07) is 22.5. The maximum absolute atomic E-state index is 14.3. The maximum atomic E-state index is 14.3. The first kappa shape index (κ1) is 25.0. The number of ether oxygens (including phenoxy) is 1. The molecule has 1 heterocycles. The van der Waals surface area contributed by atoms with Gasteiger partial charge in [0.25, 0.3) is 0 Å². The van der Waals surface area contributed by atoms with Crippen LogP contribution in [-0.4, -0.2) is 18.7 Å². The summed E-state index contributed by atoms with van der Waals surface area (Å²) in [6.45, 7) is 10.4. The summed E-state index contributed by atoms with van der Waals surface area (Å²) >= 11 is 0. The van der Waals surface area contributed by atoms with E-state index in [0.717, 1.165) is 39.0 Å². The first-order chi connectivity index (χ1) is 17.6. The number of hydrogen-bond acceptors (Lipinski definition) is 3. The first-order valence-electron chi connectivity index (χ1n) is 12.7. The minimum atomic E-state index is -4.47. The predicted octanol–water partition coefficient (Wildman–Crippen LogP) is 9.33. The lowest BCUT2D eigenvalue weighted by Crippen LogP contribution is -2.38. The number of hydrogen-bond donors (Lipinski definition) is 0. The molecule has 0 saturated carbocycles. The molecule has 0 saturated heterocycles. The number of nitrogens with zero attached hydrogens (tertiary/aromatic N) is 2. The molecule has 0 aromatic heterocycles. The van der Waals surface area contributed by atoms with Crippen molar-refractivity contribution >= 4 is 33.5 Å². The van der Waals surface area contributed by atoms with Crippen LogP contribution in [0.5, 0.6) is 5.75 Å². The van der Waals surface area contributed by atoms with Crippen LogP contribution in [0.2, 0.25) is 0 Å². The fraction of sp³-hybridized carbons (Fsp3) is 0.290. The summed E-state index contributed by atoms with van der Waals surface area (Å²) in [5, 5.41) is 2.05. The van der Waals surface area contributed by atoms with Crippen LogP contribution in [0.1, 0.15) is 40.2 Å². The highest BCUT2D eigenvalue weighted by Crippen LogP contribution is 2.54. The van der Waals surface area contributed by atoms with Gasteiger partial charge in [0.15, 0.2) is 0 Å². The van der Waals surface area contributed by atoms with Crippen LogP contribution in [0.25, 0.3) is 21.9 Å². The highest BCUT2D eigenvalue weighted by atomic mass is 19.4. The molecular formula is C31H31F3N2O. The van der Waals surface area contributed by atoms with Gasteiger partial charge in [0.1, 0.15) is 5.75 Å². The summed E-state index contributed by atoms with van der Waals surface area (Å²) in [4.78, 5) is 3.85. The molecular weight excluding hydrogens is 473 g/mol. The quantitative estimate of drug-likeness (QED) is 0.269. The minimum Gasteiger partial charge on any atom is -0.493 e. The molecule has 37 heavy (non-hydrogen) atoms. The normalized spacial score (nSPS) is 13.4. The summed E-state index contributed by atoms with van der Waals surface area (Å²) in [5.74, 6) is 0.818. The Morgan fingerprint density at radius 1 is 0.730 bits per heavy atom. The molecule has 0 aliphatic carbocycles. The van der Waals surface area contributed by atoms with E-state index in [1.165, 1.54) is 12.1 Å². The van der Waals surface area contributed by atoms with E-state index in [4.69, 9.17) is 4.74 Å². The third kappa shape index (κ3) is 4.18. The standard InChI is InChI=1S/C31H31F3N2O/c1-6-37-29-17-15-22(23-10-7-8-11-24(23)29)21-14-16-26-28(18-21)36(20(4)5)30-25(31(32,33)34)12-9-13-27(30)35(26)19(2)3/h7-20H,6H2,1-5H3. The van der Waals surface area contributed by atoms with Gasteiger partial charge in [-0.05, 0) is 81.5 Å². The molecule has 4 aromatic carbocycles. The van der Waals surface area contributed by atoms with E-state index in [-0.39, 0.29) is 17.8 Å².